The highest BCUT2D eigenvalue weighted by molar-refractivity contribution is 5.84. The zero-order chi connectivity index (χ0) is 14.6. The van der Waals surface area contributed by atoms with Crippen molar-refractivity contribution in [1.82, 2.24) is 0 Å². The van der Waals surface area contributed by atoms with E-state index < -0.39 is 12.0 Å². The number of aliphatic carboxylic acids is 1. The number of benzene rings is 1. The van der Waals surface area contributed by atoms with Gasteiger partial charge in [-0.3, -0.25) is 0 Å². The van der Waals surface area contributed by atoms with Gasteiger partial charge in [0, 0.05) is 11.1 Å². The Bertz CT molecular complexity index is 462. The number of carbonyl (C=O) groups is 1. The lowest BCUT2D eigenvalue weighted by Gasteiger charge is -2.34. The first-order valence-corrected chi connectivity index (χ1v) is 7.74. The molecule has 1 heterocycles. The van der Waals surface area contributed by atoms with Gasteiger partial charge in [0.15, 0.2) is 0 Å². The smallest absolute Gasteiger partial charge is 0.327 e. The Labute approximate surface area is 121 Å². The molecule has 2 rings (SSSR count). The Hall–Kier alpha value is -1.51. The number of para-hydroxylation sites is 1. The first-order valence-electron chi connectivity index (χ1n) is 7.74. The minimum absolute atomic E-state index is 0.242. The lowest BCUT2D eigenvalue weighted by Crippen LogP contribution is -2.44. The number of carboxylic acids is 1. The van der Waals surface area contributed by atoms with E-state index in [4.69, 9.17) is 0 Å². The van der Waals surface area contributed by atoms with E-state index in [0.29, 0.717) is 0 Å². The molecule has 1 aromatic rings. The van der Waals surface area contributed by atoms with Crippen molar-refractivity contribution in [3.05, 3.63) is 29.8 Å². The number of rotatable bonds is 7. The van der Waals surface area contributed by atoms with Crippen molar-refractivity contribution in [1.29, 1.82) is 0 Å². The van der Waals surface area contributed by atoms with Crippen LogP contribution in [0.2, 0.25) is 0 Å². The Balaban J connectivity index is 2.43. The molecule has 20 heavy (non-hydrogen) atoms. The molecule has 0 spiro atoms. The molecule has 2 N–H and O–H groups in total. The second-order valence-electron chi connectivity index (χ2n) is 5.82. The lowest BCUT2D eigenvalue weighted by molar-refractivity contribution is -0.139. The normalized spacial score (nSPS) is 19.4. The average molecular weight is 275 g/mol. The average Bonchev–Trinajstić information content (AvgIpc) is 2.78. The summed E-state index contributed by atoms with van der Waals surface area (Å²) in [5.41, 5.74) is 1.97. The Morgan fingerprint density at radius 2 is 1.80 bits per heavy atom. The van der Waals surface area contributed by atoms with Crippen LogP contribution >= 0.6 is 0 Å². The molecule has 1 aliphatic heterocycles. The van der Waals surface area contributed by atoms with E-state index in [2.05, 4.69) is 25.2 Å². The number of hydrogen-bond donors (Lipinski definition) is 2. The van der Waals surface area contributed by atoms with Crippen LogP contribution in [0.15, 0.2) is 24.3 Å². The Morgan fingerprint density at radius 3 is 2.35 bits per heavy atom. The van der Waals surface area contributed by atoms with Crippen LogP contribution in [-0.2, 0) is 10.2 Å². The summed E-state index contributed by atoms with van der Waals surface area (Å²) in [7, 11) is 0. The summed E-state index contributed by atoms with van der Waals surface area (Å²) in [6, 6.07) is 7.62. The Morgan fingerprint density at radius 1 is 1.20 bits per heavy atom. The van der Waals surface area contributed by atoms with Crippen molar-refractivity contribution in [2.75, 3.05) is 5.32 Å². The van der Waals surface area contributed by atoms with E-state index in [1.807, 2.05) is 18.2 Å². The van der Waals surface area contributed by atoms with Gasteiger partial charge in [-0.2, -0.15) is 0 Å². The maximum atomic E-state index is 11.7. The SMILES string of the molecule is CCCCC1(CCCC)c2ccccc2NC1C(=O)O. The predicted octanol–water partition coefficient (Wildman–Crippen LogP) is 4.18. The summed E-state index contributed by atoms with van der Waals surface area (Å²) in [5, 5.41) is 12.9. The van der Waals surface area contributed by atoms with Crippen LogP contribution in [0, 0.1) is 0 Å². The molecule has 110 valence electrons. The fourth-order valence-corrected chi connectivity index (χ4v) is 3.46. The summed E-state index contributed by atoms with van der Waals surface area (Å²) in [5.74, 6) is -0.728. The minimum Gasteiger partial charge on any atom is -0.480 e. The summed E-state index contributed by atoms with van der Waals surface area (Å²) >= 11 is 0. The topological polar surface area (TPSA) is 49.3 Å². The van der Waals surface area contributed by atoms with Crippen LogP contribution in [0.5, 0.6) is 0 Å². The monoisotopic (exact) mass is 275 g/mol. The van der Waals surface area contributed by atoms with Crippen molar-refractivity contribution < 1.29 is 9.90 Å². The van der Waals surface area contributed by atoms with Gasteiger partial charge in [-0.1, -0.05) is 57.7 Å². The van der Waals surface area contributed by atoms with E-state index >= 15 is 0 Å². The maximum Gasteiger partial charge on any atom is 0.327 e. The Kier molecular flexibility index (Phi) is 4.69. The number of fused-ring (bicyclic) bond motifs is 1. The summed E-state index contributed by atoms with van der Waals surface area (Å²) in [6.07, 6.45) is 6.24. The molecule has 0 fully saturated rings. The van der Waals surface area contributed by atoms with Crippen molar-refractivity contribution in [3.63, 3.8) is 0 Å². The van der Waals surface area contributed by atoms with Crippen molar-refractivity contribution in [3.8, 4) is 0 Å². The van der Waals surface area contributed by atoms with Gasteiger partial charge in [0.1, 0.15) is 6.04 Å². The zero-order valence-corrected chi connectivity index (χ0v) is 12.5. The molecule has 0 radical (unpaired) electrons. The first-order chi connectivity index (χ1) is 9.65. The highest BCUT2D eigenvalue weighted by atomic mass is 16.4. The van der Waals surface area contributed by atoms with Gasteiger partial charge in [0.25, 0.3) is 0 Å². The molecule has 0 amide bonds. The van der Waals surface area contributed by atoms with E-state index in [1.54, 1.807) is 0 Å². The van der Waals surface area contributed by atoms with E-state index in [0.717, 1.165) is 44.2 Å². The third-order valence-electron chi connectivity index (χ3n) is 4.52. The molecule has 3 heteroatoms. The van der Waals surface area contributed by atoms with Crippen LogP contribution in [0.4, 0.5) is 5.69 Å². The molecule has 3 nitrogen and oxygen atoms in total. The van der Waals surface area contributed by atoms with Gasteiger partial charge in [0.05, 0.1) is 0 Å². The summed E-state index contributed by atoms with van der Waals surface area (Å²) in [4.78, 5) is 11.7. The third kappa shape index (κ3) is 2.54. The second kappa shape index (κ2) is 6.29. The molecular formula is C17H25NO2. The van der Waals surface area contributed by atoms with Gasteiger partial charge in [-0.15, -0.1) is 0 Å². The standard InChI is InChI=1S/C17H25NO2/c1-3-5-11-17(12-6-4-2)13-9-7-8-10-14(13)18-15(17)16(19)20/h7-10,15,18H,3-6,11-12H2,1-2H3,(H,19,20). The first kappa shape index (κ1) is 14.9. The van der Waals surface area contributed by atoms with Gasteiger partial charge in [-0.05, 0) is 24.5 Å². The fourth-order valence-electron chi connectivity index (χ4n) is 3.46. The molecule has 0 aromatic heterocycles. The third-order valence-corrected chi connectivity index (χ3v) is 4.52. The zero-order valence-electron chi connectivity index (χ0n) is 12.5. The number of unbranched alkanes of at least 4 members (excludes halogenated alkanes) is 2. The minimum atomic E-state index is -0.728. The second-order valence-corrected chi connectivity index (χ2v) is 5.82. The van der Waals surface area contributed by atoms with Crippen LogP contribution in [0.1, 0.15) is 57.9 Å². The van der Waals surface area contributed by atoms with Gasteiger partial charge in [-0.25, -0.2) is 4.79 Å². The maximum absolute atomic E-state index is 11.7. The highest BCUT2D eigenvalue weighted by Crippen LogP contribution is 2.47. The quantitative estimate of drug-likeness (QED) is 0.784. The van der Waals surface area contributed by atoms with Gasteiger partial charge in [0.2, 0.25) is 0 Å². The van der Waals surface area contributed by atoms with E-state index in [1.165, 1.54) is 5.56 Å². The van der Waals surface area contributed by atoms with Gasteiger partial charge >= 0.3 is 5.97 Å². The number of nitrogens with one attached hydrogen (secondary N) is 1. The molecule has 0 bridgehead atoms. The van der Waals surface area contributed by atoms with Crippen LogP contribution in [0.3, 0.4) is 0 Å². The van der Waals surface area contributed by atoms with Crippen LogP contribution in [-0.4, -0.2) is 17.1 Å². The molecule has 1 aliphatic rings. The van der Waals surface area contributed by atoms with E-state index in [-0.39, 0.29) is 5.41 Å². The number of carboxylic acid groups (broad SMARTS) is 1. The molecule has 0 saturated carbocycles. The summed E-state index contributed by atoms with van der Waals surface area (Å²) in [6.45, 7) is 4.33. The summed E-state index contributed by atoms with van der Waals surface area (Å²) < 4.78 is 0. The number of hydrogen-bond acceptors (Lipinski definition) is 2. The molecule has 0 saturated heterocycles. The van der Waals surface area contributed by atoms with Crippen LogP contribution in [0.25, 0.3) is 0 Å². The van der Waals surface area contributed by atoms with Gasteiger partial charge < -0.3 is 10.4 Å². The molecule has 1 unspecified atom stereocenters. The number of anilines is 1. The van der Waals surface area contributed by atoms with Crippen molar-refractivity contribution in [2.24, 2.45) is 0 Å². The molecule has 0 aliphatic carbocycles. The highest BCUT2D eigenvalue weighted by Gasteiger charge is 2.49. The molecule has 1 aromatic carbocycles. The van der Waals surface area contributed by atoms with Crippen molar-refractivity contribution >= 4 is 11.7 Å². The fraction of sp³-hybridized carbons (Fsp3) is 0.588. The molecular weight excluding hydrogens is 250 g/mol. The lowest BCUT2D eigenvalue weighted by atomic mass is 9.69. The van der Waals surface area contributed by atoms with E-state index in [9.17, 15) is 9.90 Å². The molecule has 1 atom stereocenters. The largest absolute Gasteiger partial charge is 0.480 e. The predicted molar refractivity (Wildman–Crippen MR) is 82.2 cm³/mol. The van der Waals surface area contributed by atoms with Crippen LogP contribution < -0.4 is 5.32 Å². The van der Waals surface area contributed by atoms with Crippen molar-refractivity contribution in [2.45, 2.75) is 63.8 Å².